The molecule has 5 nitrogen and oxygen atoms in total. The van der Waals surface area contributed by atoms with Crippen LogP contribution >= 0.6 is 22.9 Å². The molecule has 2 N–H and O–H groups in total. The van der Waals surface area contributed by atoms with Crippen molar-refractivity contribution in [3.8, 4) is 11.3 Å². The van der Waals surface area contributed by atoms with Crippen LogP contribution in [-0.4, -0.2) is 21.1 Å². The second kappa shape index (κ2) is 5.37. The monoisotopic (exact) mass is 332 g/mol. The predicted molar refractivity (Wildman–Crippen MR) is 88.2 cm³/mol. The SMILES string of the molecule is O=C(Nc1nc2n[nH]c(-c3ccccc3Cl)c2s1)C1CCC1. The lowest BCUT2D eigenvalue weighted by atomic mass is 9.85. The van der Waals surface area contributed by atoms with Crippen molar-refractivity contribution in [3.63, 3.8) is 0 Å². The number of halogens is 1. The van der Waals surface area contributed by atoms with Gasteiger partial charge in [0.05, 0.1) is 5.69 Å². The normalized spacial score (nSPS) is 15.0. The topological polar surface area (TPSA) is 70.7 Å². The lowest BCUT2D eigenvalue weighted by Gasteiger charge is -2.23. The Labute approximate surface area is 135 Å². The number of amides is 1. The average Bonchev–Trinajstić information content (AvgIpc) is 2.97. The molecule has 1 aliphatic rings. The minimum atomic E-state index is 0.0610. The number of aromatic amines is 1. The average molecular weight is 333 g/mol. The van der Waals surface area contributed by atoms with Gasteiger partial charge in [-0.2, -0.15) is 10.1 Å². The molecule has 1 saturated carbocycles. The molecule has 0 saturated heterocycles. The van der Waals surface area contributed by atoms with Crippen LogP contribution in [0.1, 0.15) is 19.3 Å². The summed E-state index contributed by atoms with van der Waals surface area (Å²) in [7, 11) is 0. The molecule has 22 heavy (non-hydrogen) atoms. The molecule has 3 aromatic rings. The summed E-state index contributed by atoms with van der Waals surface area (Å²) in [6.45, 7) is 0. The standard InChI is InChI=1S/C15H13ClN4OS/c16-10-7-2-1-6-9(10)11-12-13(20-19-11)17-15(22-12)18-14(21)8-4-3-5-8/h1-2,6-8H,3-5H2,(H2,17,18,19,20,21). The summed E-state index contributed by atoms with van der Waals surface area (Å²) >= 11 is 7.66. The number of fused-ring (bicyclic) bond motifs is 1. The number of hydrogen-bond donors (Lipinski definition) is 2. The summed E-state index contributed by atoms with van der Waals surface area (Å²) in [5.41, 5.74) is 2.32. The molecule has 1 aromatic carbocycles. The Kier molecular flexibility index (Phi) is 3.35. The Bertz CT molecular complexity index is 852. The fraction of sp³-hybridized carbons (Fsp3) is 0.267. The van der Waals surface area contributed by atoms with Crippen LogP contribution in [0.25, 0.3) is 21.6 Å². The maximum Gasteiger partial charge on any atom is 0.229 e. The van der Waals surface area contributed by atoms with Crippen molar-refractivity contribution in [3.05, 3.63) is 29.3 Å². The van der Waals surface area contributed by atoms with E-state index in [2.05, 4.69) is 20.5 Å². The van der Waals surface area contributed by atoms with E-state index in [1.54, 1.807) is 0 Å². The highest BCUT2D eigenvalue weighted by Gasteiger charge is 2.26. The van der Waals surface area contributed by atoms with Crippen molar-refractivity contribution in [1.82, 2.24) is 15.2 Å². The van der Waals surface area contributed by atoms with Crippen molar-refractivity contribution in [2.75, 3.05) is 5.32 Å². The summed E-state index contributed by atoms with van der Waals surface area (Å²) in [5, 5.41) is 11.3. The Morgan fingerprint density at radius 2 is 2.18 bits per heavy atom. The number of rotatable bonds is 3. The highest BCUT2D eigenvalue weighted by molar-refractivity contribution is 7.22. The van der Waals surface area contributed by atoms with Gasteiger partial charge in [-0.3, -0.25) is 9.89 Å². The van der Waals surface area contributed by atoms with Gasteiger partial charge in [0.15, 0.2) is 10.8 Å². The van der Waals surface area contributed by atoms with Gasteiger partial charge in [0.2, 0.25) is 5.91 Å². The Morgan fingerprint density at radius 1 is 1.36 bits per heavy atom. The maximum atomic E-state index is 12.0. The van der Waals surface area contributed by atoms with E-state index in [0.29, 0.717) is 15.8 Å². The molecule has 0 atom stereocenters. The minimum absolute atomic E-state index is 0.0610. The van der Waals surface area contributed by atoms with E-state index in [4.69, 9.17) is 11.6 Å². The molecular weight excluding hydrogens is 320 g/mol. The van der Waals surface area contributed by atoms with E-state index >= 15 is 0 Å². The van der Waals surface area contributed by atoms with Crippen LogP contribution in [0.4, 0.5) is 5.13 Å². The first-order valence-corrected chi connectivity index (χ1v) is 8.32. The van der Waals surface area contributed by atoms with Crippen LogP contribution in [0.2, 0.25) is 5.02 Å². The first-order valence-electron chi connectivity index (χ1n) is 7.13. The van der Waals surface area contributed by atoms with Gasteiger partial charge >= 0.3 is 0 Å². The Morgan fingerprint density at radius 3 is 2.91 bits per heavy atom. The number of benzene rings is 1. The number of H-pyrrole nitrogens is 1. The third kappa shape index (κ3) is 2.28. The zero-order chi connectivity index (χ0) is 15.1. The molecule has 0 aliphatic heterocycles. The zero-order valence-electron chi connectivity index (χ0n) is 11.6. The molecule has 0 unspecified atom stereocenters. The number of anilines is 1. The summed E-state index contributed by atoms with van der Waals surface area (Å²) in [6.07, 6.45) is 3.08. The first-order chi connectivity index (χ1) is 10.7. The lowest BCUT2D eigenvalue weighted by molar-refractivity contribution is -0.122. The Hall–Kier alpha value is -1.92. The lowest BCUT2D eigenvalue weighted by Crippen LogP contribution is -2.27. The maximum absolute atomic E-state index is 12.0. The van der Waals surface area contributed by atoms with Gasteiger partial charge in [-0.15, -0.1) is 0 Å². The number of thiazole rings is 1. The van der Waals surface area contributed by atoms with Crippen LogP contribution in [0.5, 0.6) is 0 Å². The molecule has 0 radical (unpaired) electrons. The summed E-state index contributed by atoms with van der Waals surface area (Å²) in [4.78, 5) is 16.4. The van der Waals surface area contributed by atoms with Crippen LogP contribution in [0, 0.1) is 5.92 Å². The first kappa shape index (κ1) is 13.7. The van der Waals surface area contributed by atoms with Gasteiger partial charge in [0.25, 0.3) is 0 Å². The second-order valence-corrected chi connectivity index (χ2v) is 6.77. The van der Waals surface area contributed by atoms with Gasteiger partial charge in [0.1, 0.15) is 4.70 Å². The molecule has 7 heteroatoms. The van der Waals surface area contributed by atoms with Crippen LogP contribution in [-0.2, 0) is 4.79 Å². The fourth-order valence-electron chi connectivity index (χ4n) is 2.49. The van der Waals surface area contributed by atoms with E-state index in [9.17, 15) is 4.79 Å². The van der Waals surface area contributed by atoms with E-state index < -0.39 is 0 Å². The van der Waals surface area contributed by atoms with Crippen LogP contribution in [0.15, 0.2) is 24.3 Å². The molecule has 2 aromatic heterocycles. The highest BCUT2D eigenvalue weighted by Crippen LogP contribution is 2.36. The summed E-state index contributed by atoms with van der Waals surface area (Å²) < 4.78 is 0.900. The molecule has 4 rings (SSSR count). The number of nitrogens with zero attached hydrogens (tertiary/aromatic N) is 2. The van der Waals surface area contributed by atoms with E-state index in [1.165, 1.54) is 11.3 Å². The predicted octanol–water partition coefficient (Wildman–Crippen LogP) is 4.08. The number of carbonyl (C=O) groups excluding carboxylic acids is 1. The van der Waals surface area contributed by atoms with Gasteiger partial charge in [-0.1, -0.05) is 47.6 Å². The Balaban J connectivity index is 1.67. The number of carbonyl (C=O) groups is 1. The molecule has 1 amide bonds. The number of hydrogen-bond acceptors (Lipinski definition) is 4. The van der Waals surface area contributed by atoms with E-state index in [-0.39, 0.29) is 11.8 Å². The fourth-order valence-corrected chi connectivity index (χ4v) is 3.64. The van der Waals surface area contributed by atoms with Gasteiger partial charge in [-0.05, 0) is 18.9 Å². The highest BCUT2D eigenvalue weighted by atomic mass is 35.5. The van der Waals surface area contributed by atoms with Crippen molar-refractivity contribution in [1.29, 1.82) is 0 Å². The smallest absolute Gasteiger partial charge is 0.229 e. The third-order valence-corrected chi connectivity index (χ3v) is 5.27. The van der Waals surface area contributed by atoms with Gasteiger partial charge in [-0.25, -0.2) is 0 Å². The number of nitrogens with one attached hydrogen (secondary N) is 2. The molecule has 0 bridgehead atoms. The van der Waals surface area contributed by atoms with E-state index in [1.807, 2.05) is 24.3 Å². The third-order valence-electron chi connectivity index (χ3n) is 3.96. The van der Waals surface area contributed by atoms with Crippen molar-refractivity contribution in [2.24, 2.45) is 5.92 Å². The van der Waals surface area contributed by atoms with Gasteiger partial charge < -0.3 is 5.32 Å². The largest absolute Gasteiger partial charge is 0.302 e. The van der Waals surface area contributed by atoms with Crippen molar-refractivity contribution < 1.29 is 4.79 Å². The molecule has 112 valence electrons. The quantitative estimate of drug-likeness (QED) is 0.759. The summed E-state index contributed by atoms with van der Waals surface area (Å²) in [5.74, 6) is 0.201. The van der Waals surface area contributed by atoms with Crippen molar-refractivity contribution in [2.45, 2.75) is 19.3 Å². The molecule has 2 heterocycles. The zero-order valence-corrected chi connectivity index (χ0v) is 13.2. The van der Waals surface area contributed by atoms with Crippen molar-refractivity contribution >= 4 is 44.3 Å². The van der Waals surface area contributed by atoms with Gasteiger partial charge in [0, 0.05) is 16.5 Å². The van der Waals surface area contributed by atoms with Crippen LogP contribution < -0.4 is 5.32 Å². The van der Waals surface area contributed by atoms with Crippen LogP contribution in [0.3, 0.4) is 0 Å². The number of aromatic nitrogens is 3. The minimum Gasteiger partial charge on any atom is -0.302 e. The summed E-state index contributed by atoms with van der Waals surface area (Å²) in [6, 6.07) is 7.58. The molecule has 1 fully saturated rings. The molecule has 1 aliphatic carbocycles. The van der Waals surface area contributed by atoms with E-state index in [0.717, 1.165) is 35.2 Å². The molecular formula is C15H13ClN4OS. The second-order valence-electron chi connectivity index (χ2n) is 5.37. The molecule has 0 spiro atoms.